The van der Waals surface area contributed by atoms with E-state index in [1.54, 1.807) is 6.20 Å². The van der Waals surface area contributed by atoms with E-state index in [-0.39, 0.29) is 11.1 Å². The highest BCUT2D eigenvalue weighted by atomic mass is 28.4. The molecule has 2 aromatic heterocycles. The Morgan fingerprint density at radius 1 is 0.906 bits per heavy atom. The van der Waals surface area contributed by atoms with Crippen LogP contribution in [-0.2, 0) is 10.8 Å². The molecule has 3 rings (SSSR count). The van der Waals surface area contributed by atoms with Gasteiger partial charge in [-0.15, -0.1) is 10.2 Å². The molecule has 0 saturated carbocycles. The van der Waals surface area contributed by atoms with E-state index in [9.17, 15) is 0 Å². The predicted octanol–water partition coefficient (Wildman–Crippen LogP) is 7.12. The van der Waals surface area contributed by atoms with Crippen LogP contribution in [0.3, 0.4) is 0 Å². The maximum atomic E-state index is 6.80. The number of aromatic nitrogens is 4. The molecular weight excluding hydrogens is 412 g/mol. The van der Waals surface area contributed by atoms with Crippen LogP contribution in [0, 0.1) is 0 Å². The van der Waals surface area contributed by atoms with Crippen molar-refractivity contribution in [1.29, 1.82) is 0 Å². The minimum Gasteiger partial charge on any atom is -0.407 e. The molecule has 0 spiro atoms. The number of nitrogens with zero attached hydrogens (tertiary/aromatic N) is 3. The smallest absolute Gasteiger partial charge is 0.193 e. The van der Waals surface area contributed by atoms with Crippen molar-refractivity contribution in [1.82, 2.24) is 20.2 Å². The van der Waals surface area contributed by atoms with Crippen LogP contribution in [0.1, 0.15) is 70.4 Å². The Labute approximate surface area is 194 Å². The van der Waals surface area contributed by atoms with Crippen molar-refractivity contribution in [3.05, 3.63) is 66.1 Å². The first-order chi connectivity index (χ1) is 15.3. The summed E-state index contributed by atoms with van der Waals surface area (Å²) in [5.74, 6) is 1.52. The topological polar surface area (TPSA) is 63.7 Å². The van der Waals surface area contributed by atoms with Crippen molar-refractivity contribution in [2.24, 2.45) is 0 Å². The van der Waals surface area contributed by atoms with Crippen LogP contribution in [0.2, 0.25) is 18.1 Å². The highest BCUT2D eigenvalue weighted by Gasteiger charge is 2.40. The first kappa shape index (κ1) is 24.3. The van der Waals surface area contributed by atoms with E-state index in [4.69, 9.17) is 4.43 Å². The van der Waals surface area contributed by atoms with E-state index in [1.807, 2.05) is 18.2 Å². The number of nitrogens with one attached hydrogen (secondary N) is 1. The number of unbranched alkanes of at least 4 members (excludes halogenated alkanes) is 3. The first-order valence-electron chi connectivity index (χ1n) is 11.8. The van der Waals surface area contributed by atoms with Gasteiger partial charge in [0.05, 0.1) is 0 Å². The summed E-state index contributed by atoms with van der Waals surface area (Å²) in [6.45, 7) is 11.4. The molecular formula is C26H38N4OSi. The van der Waals surface area contributed by atoms with Gasteiger partial charge in [-0.2, -0.15) is 0 Å². The highest BCUT2D eigenvalue weighted by molar-refractivity contribution is 6.74. The molecule has 1 unspecified atom stereocenters. The molecule has 2 heterocycles. The molecule has 32 heavy (non-hydrogen) atoms. The molecule has 0 aliphatic rings. The van der Waals surface area contributed by atoms with E-state index >= 15 is 0 Å². The molecule has 0 radical (unpaired) electrons. The lowest BCUT2D eigenvalue weighted by molar-refractivity contribution is 0.161. The van der Waals surface area contributed by atoms with Gasteiger partial charge in [0.1, 0.15) is 11.8 Å². The molecule has 3 aromatic rings. The first-order valence-corrected chi connectivity index (χ1v) is 14.7. The Balaban J connectivity index is 1.60. The number of hydrogen-bond donors (Lipinski definition) is 1. The summed E-state index contributed by atoms with van der Waals surface area (Å²) in [5, 5.41) is 8.97. The average Bonchev–Trinajstić information content (AvgIpc) is 3.26. The second-order valence-electron chi connectivity index (χ2n) is 10.1. The third kappa shape index (κ3) is 6.84. The second-order valence-corrected chi connectivity index (χ2v) is 14.8. The van der Waals surface area contributed by atoms with E-state index in [1.165, 1.54) is 24.8 Å². The monoisotopic (exact) mass is 450 g/mol. The molecule has 1 aromatic carbocycles. The average molecular weight is 451 g/mol. The Hall–Kier alpha value is -2.31. The Kier molecular flexibility index (Phi) is 8.37. The summed E-state index contributed by atoms with van der Waals surface area (Å²) in [7, 11) is -1.94. The highest BCUT2D eigenvalue weighted by Crippen LogP contribution is 2.40. The van der Waals surface area contributed by atoms with E-state index in [2.05, 4.69) is 84.4 Å². The fourth-order valence-corrected chi connectivity index (χ4v) is 4.77. The minimum absolute atomic E-state index is 0.0602. The standard InChI is InChI=1S/C26H38N4OSi/c1-26(2,3)32(4,5)31-23(19-12-7-6-9-15-21-16-10-8-11-17-21)25-28-24(29-30-25)22-18-13-14-20-27-22/h8,10-11,13-14,16-18,20,23H,6-7,9,12,15,19H2,1-5H3,(H,28,29,30). The van der Waals surface area contributed by atoms with E-state index < -0.39 is 8.32 Å². The maximum absolute atomic E-state index is 6.80. The fraction of sp³-hybridized carbons (Fsp3) is 0.500. The predicted molar refractivity (Wildman–Crippen MR) is 134 cm³/mol. The van der Waals surface area contributed by atoms with Gasteiger partial charge in [-0.25, -0.2) is 0 Å². The normalized spacial score (nSPS) is 13.3. The SMILES string of the molecule is CC(C)(C)[Si](C)(C)OC(CCCCCCc1ccccc1)c1nnc(-c2ccccn2)[nH]1. The zero-order valence-electron chi connectivity index (χ0n) is 20.3. The summed E-state index contributed by atoms with van der Waals surface area (Å²) in [6.07, 6.45) is 8.60. The Bertz CT molecular complexity index is 935. The van der Waals surface area contributed by atoms with Gasteiger partial charge in [0.2, 0.25) is 0 Å². The summed E-state index contributed by atoms with van der Waals surface area (Å²) >= 11 is 0. The van der Waals surface area contributed by atoms with Gasteiger partial charge in [0.15, 0.2) is 20.0 Å². The molecule has 0 amide bonds. The van der Waals surface area contributed by atoms with Gasteiger partial charge < -0.3 is 9.41 Å². The van der Waals surface area contributed by atoms with Crippen LogP contribution in [0.5, 0.6) is 0 Å². The number of H-pyrrole nitrogens is 1. The van der Waals surface area contributed by atoms with Crippen molar-refractivity contribution >= 4 is 8.32 Å². The van der Waals surface area contributed by atoms with Crippen molar-refractivity contribution in [3.63, 3.8) is 0 Å². The summed E-state index contributed by atoms with van der Waals surface area (Å²) < 4.78 is 6.80. The molecule has 1 N–H and O–H groups in total. The minimum atomic E-state index is -1.94. The van der Waals surface area contributed by atoms with E-state index in [0.29, 0.717) is 5.82 Å². The van der Waals surface area contributed by atoms with Gasteiger partial charge in [0.25, 0.3) is 0 Å². The fourth-order valence-electron chi connectivity index (χ4n) is 3.48. The van der Waals surface area contributed by atoms with Crippen molar-refractivity contribution in [2.75, 3.05) is 0 Å². The van der Waals surface area contributed by atoms with Crippen LogP contribution in [0.25, 0.3) is 11.5 Å². The second kappa shape index (κ2) is 11.0. The van der Waals surface area contributed by atoms with Gasteiger partial charge in [-0.3, -0.25) is 4.98 Å². The lowest BCUT2D eigenvalue weighted by Crippen LogP contribution is -2.42. The third-order valence-corrected chi connectivity index (χ3v) is 11.0. The molecule has 0 saturated heterocycles. The molecule has 0 fully saturated rings. The van der Waals surface area contributed by atoms with Crippen LogP contribution in [-0.4, -0.2) is 28.5 Å². The maximum Gasteiger partial charge on any atom is 0.193 e. The molecule has 0 aliphatic carbocycles. The zero-order valence-corrected chi connectivity index (χ0v) is 21.3. The Morgan fingerprint density at radius 3 is 2.31 bits per heavy atom. The van der Waals surface area contributed by atoms with Crippen LogP contribution >= 0.6 is 0 Å². The van der Waals surface area contributed by atoms with Crippen LogP contribution < -0.4 is 0 Å². The number of aromatic amines is 1. The molecule has 1 atom stereocenters. The number of rotatable bonds is 11. The molecule has 0 bridgehead atoms. The number of benzene rings is 1. The van der Waals surface area contributed by atoms with Crippen molar-refractivity contribution < 1.29 is 4.43 Å². The van der Waals surface area contributed by atoms with Gasteiger partial charge >= 0.3 is 0 Å². The molecule has 172 valence electrons. The van der Waals surface area contributed by atoms with Crippen molar-refractivity contribution in [3.8, 4) is 11.5 Å². The largest absolute Gasteiger partial charge is 0.407 e. The van der Waals surface area contributed by atoms with Crippen LogP contribution in [0.4, 0.5) is 0 Å². The lowest BCUT2D eigenvalue weighted by atomic mass is 10.0. The zero-order chi connectivity index (χ0) is 23.0. The van der Waals surface area contributed by atoms with Gasteiger partial charge in [-0.05, 0) is 55.1 Å². The Morgan fingerprint density at radius 2 is 1.62 bits per heavy atom. The van der Waals surface area contributed by atoms with Crippen LogP contribution in [0.15, 0.2) is 54.7 Å². The summed E-state index contributed by atoms with van der Waals surface area (Å²) in [6, 6.07) is 16.6. The molecule has 6 heteroatoms. The third-order valence-electron chi connectivity index (χ3n) is 6.48. The van der Waals surface area contributed by atoms with E-state index in [0.717, 1.165) is 30.8 Å². The summed E-state index contributed by atoms with van der Waals surface area (Å²) in [4.78, 5) is 7.78. The number of hydrogen-bond acceptors (Lipinski definition) is 4. The molecule has 0 aliphatic heterocycles. The van der Waals surface area contributed by atoms with Crippen molar-refractivity contribution in [2.45, 2.75) is 83.5 Å². The number of aryl methyl sites for hydroxylation is 1. The lowest BCUT2D eigenvalue weighted by Gasteiger charge is -2.38. The molecule has 5 nitrogen and oxygen atoms in total. The quantitative estimate of drug-likeness (QED) is 0.249. The number of pyridine rings is 1. The van der Waals surface area contributed by atoms with Gasteiger partial charge in [0, 0.05) is 6.20 Å². The van der Waals surface area contributed by atoms with Gasteiger partial charge in [-0.1, -0.05) is 76.4 Å². The summed E-state index contributed by atoms with van der Waals surface area (Å²) in [5.41, 5.74) is 2.23.